The molecule has 1 fully saturated rings. The number of allylic oxidation sites excluding steroid dienone is 2. The predicted octanol–water partition coefficient (Wildman–Crippen LogP) is 4.98. The van der Waals surface area contributed by atoms with Gasteiger partial charge in [0.05, 0.1) is 0 Å². The van der Waals surface area contributed by atoms with Crippen LogP contribution in [-0.2, 0) is 4.79 Å². The Hall–Kier alpha value is -1.41. The zero-order valence-electron chi connectivity index (χ0n) is 14.4. The Balaban J connectivity index is 1.61. The van der Waals surface area contributed by atoms with E-state index in [9.17, 15) is 4.79 Å². The molecule has 1 atom stereocenters. The second-order valence-corrected chi connectivity index (χ2v) is 7.11. The maximum atomic E-state index is 12.4. The minimum atomic E-state index is 0.387. The SMILES string of the molecule is Cc1ccc(C2CCCCN2CCC(=O)C2=CCCCC2)cc1. The van der Waals surface area contributed by atoms with Crippen molar-refractivity contribution in [1.29, 1.82) is 0 Å². The van der Waals surface area contributed by atoms with Gasteiger partial charge in [0, 0.05) is 19.0 Å². The van der Waals surface area contributed by atoms with Crippen LogP contribution in [0.3, 0.4) is 0 Å². The van der Waals surface area contributed by atoms with Crippen LogP contribution >= 0.6 is 0 Å². The molecule has 1 unspecified atom stereocenters. The number of hydrogen-bond donors (Lipinski definition) is 0. The first kappa shape index (κ1) is 16.4. The Morgan fingerprint density at radius 2 is 1.96 bits per heavy atom. The van der Waals surface area contributed by atoms with Crippen molar-refractivity contribution in [3.8, 4) is 0 Å². The minimum Gasteiger partial charge on any atom is -0.296 e. The zero-order valence-corrected chi connectivity index (χ0v) is 14.4. The molecule has 0 amide bonds. The first-order chi connectivity index (χ1) is 11.2. The third-order valence-corrected chi connectivity index (χ3v) is 5.35. The number of carbonyl (C=O) groups excluding carboxylic acids is 1. The van der Waals surface area contributed by atoms with Crippen molar-refractivity contribution in [3.63, 3.8) is 0 Å². The lowest BCUT2D eigenvalue weighted by Gasteiger charge is -2.36. The lowest BCUT2D eigenvalue weighted by Crippen LogP contribution is -2.35. The molecule has 1 aliphatic carbocycles. The molecule has 0 N–H and O–H groups in total. The lowest BCUT2D eigenvalue weighted by molar-refractivity contribution is -0.116. The molecule has 1 saturated heterocycles. The molecule has 2 aliphatic rings. The molecule has 0 aromatic heterocycles. The van der Waals surface area contributed by atoms with E-state index in [2.05, 4.69) is 42.2 Å². The fraction of sp³-hybridized carbons (Fsp3) is 0.571. The van der Waals surface area contributed by atoms with Crippen LogP contribution in [-0.4, -0.2) is 23.8 Å². The van der Waals surface area contributed by atoms with Crippen molar-refractivity contribution in [1.82, 2.24) is 4.90 Å². The van der Waals surface area contributed by atoms with Gasteiger partial charge in [-0.05, 0) is 63.1 Å². The van der Waals surface area contributed by atoms with Gasteiger partial charge in [0.2, 0.25) is 0 Å². The monoisotopic (exact) mass is 311 g/mol. The van der Waals surface area contributed by atoms with Gasteiger partial charge >= 0.3 is 0 Å². The number of ketones is 1. The molecule has 1 aromatic rings. The largest absolute Gasteiger partial charge is 0.296 e. The van der Waals surface area contributed by atoms with Gasteiger partial charge in [0.25, 0.3) is 0 Å². The van der Waals surface area contributed by atoms with Gasteiger partial charge < -0.3 is 0 Å². The van der Waals surface area contributed by atoms with E-state index in [0.29, 0.717) is 18.2 Å². The molecule has 1 heterocycles. The van der Waals surface area contributed by atoms with Crippen LogP contribution < -0.4 is 0 Å². The molecule has 1 aromatic carbocycles. The number of Topliss-reactive ketones (excluding diaryl/α,β-unsaturated/α-hetero) is 1. The van der Waals surface area contributed by atoms with E-state index in [0.717, 1.165) is 31.5 Å². The van der Waals surface area contributed by atoms with Crippen molar-refractivity contribution in [3.05, 3.63) is 47.0 Å². The summed E-state index contributed by atoms with van der Waals surface area (Å²) in [6, 6.07) is 9.45. The summed E-state index contributed by atoms with van der Waals surface area (Å²) >= 11 is 0. The summed E-state index contributed by atoms with van der Waals surface area (Å²) in [5.74, 6) is 0.387. The van der Waals surface area contributed by atoms with Gasteiger partial charge in [0.15, 0.2) is 5.78 Å². The van der Waals surface area contributed by atoms with Crippen LogP contribution in [0.4, 0.5) is 0 Å². The smallest absolute Gasteiger partial charge is 0.159 e. The highest BCUT2D eigenvalue weighted by Crippen LogP contribution is 2.31. The standard InChI is InChI=1S/C21H29NO/c1-17-10-12-18(13-11-17)20-9-5-6-15-22(20)16-14-21(23)19-7-3-2-4-8-19/h7,10-13,20H,2-6,8-9,14-16H2,1H3. The first-order valence-electron chi connectivity index (χ1n) is 9.27. The van der Waals surface area contributed by atoms with Gasteiger partial charge in [-0.2, -0.15) is 0 Å². The van der Waals surface area contributed by atoms with Crippen LogP contribution in [0.25, 0.3) is 0 Å². The molecule has 2 heteroatoms. The first-order valence-corrected chi connectivity index (χ1v) is 9.27. The number of benzene rings is 1. The maximum absolute atomic E-state index is 12.4. The Kier molecular flexibility index (Phi) is 5.66. The zero-order chi connectivity index (χ0) is 16.1. The van der Waals surface area contributed by atoms with Gasteiger partial charge in [-0.1, -0.05) is 42.3 Å². The fourth-order valence-electron chi connectivity index (χ4n) is 3.92. The quantitative estimate of drug-likeness (QED) is 0.764. The third-order valence-electron chi connectivity index (χ3n) is 5.35. The van der Waals surface area contributed by atoms with E-state index in [1.165, 1.54) is 43.2 Å². The number of piperidine rings is 1. The summed E-state index contributed by atoms with van der Waals surface area (Å²) < 4.78 is 0. The maximum Gasteiger partial charge on any atom is 0.159 e. The van der Waals surface area contributed by atoms with Crippen LogP contribution in [0.5, 0.6) is 0 Å². The fourth-order valence-corrected chi connectivity index (χ4v) is 3.92. The molecular weight excluding hydrogens is 282 g/mol. The normalized spacial score (nSPS) is 22.7. The number of aryl methyl sites for hydroxylation is 1. The Morgan fingerprint density at radius 1 is 1.13 bits per heavy atom. The molecule has 0 spiro atoms. The van der Waals surface area contributed by atoms with Gasteiger partial charge in [-0.25, -0.2) is 0 Å². The van der Waals surface area contributed by atoms with E-state index in [1.54, 1.807) is 0 Å². The van der Waals surface area contributed by atoms with Crippen molar-refractivity contribution >= 4 is 5.78 Å². The number of likely N-dealkylation sites (tertiary alicyclic amines) is 1. The highest BCUT2D eigenvalue weighted by molar-refractivity contribution is 5.95. The van der Waals surface area contributed by atoms with Crippen LogP contribution in [0, 0.1) is 6.92 Å². The average molecular weight is 311 g/mol. The summed E-state index contributed by atoms with van der Waals surface area (Å²) in [6.07, 6.45) is 11.2. The molecular formula is C21H29NO. The Labute approximate surface area is 140 Å². The second-order valence-electron chi connectivity index (χ2n) is 7.11. The van der Waals surface area contributed by atoms with Crippen LogP contribution in [0.2, 0.25) is 0 Å². The summed E-state index contributed by atoms with van der Waals surface area (Å²) in [4.78, 5) is 15.0. The average Bonchev–Trinajstić information content (AvgIpc) is 2.61. The molecule has 23 heavy (non-hydrogen) atoms. The summed E-state index contributed by atoms with van der Waals surface area (Å²) in [6.45, 7) is 4.18. The van der Waals surface area contributed by atoms with Gasteiger partial charge in [-0.3, -0.25) is 9.69 Å². The lowest BCUT2D eigenvalue weighted by atomic mass is 9.92. The molecule has 3 rings (SSSR count). The molecule has 1 aliphatic heterocycles. The number of hydrogen-bond acceptors (Lipinski definition) is 2. The van der Waals surface area contributed by atoms with Crippen molar-refractivity contribution in [2.24, 2.45) is 0 Å². The second kappa shape index (κ2) is 7.92. The number of nitrogens with zero attached hydrogens (tertiary/aromatic N) is 1. The topological polar surface area (TPSA) is 20.3 Å². The summed E-state index contributed by atoms with van der Waals surface area (Å²) in [5, 5.41) is 0. The van der Waals surface area contributed by atoms with Crippen molar-refractivity contribution < 1.29 is 4.79 Å². The molecule has 0 bridgehead atoms. The van der Waals surface area contributed by atoms with Gasteiger partial charge in [-0.15, -0.1) is 0 Å². The highest BCUT2D eigenvalue weighted by Gasteiger charge is 2.24. The van der Waals surface area contributed by atoms with E-state index < -0.39 is 0 Å². The number of rotatable bonds is 5. The Morgan fingerprint density at radius 3 is 2.70 bits per heavy atom. The summed E-state index contributed by atoms with van der Waals surface area (Å²) in [7, 11) is 0. The van der Waals surface area contributed by atoms with E-state index in [4.69, 9.17) is 0 Å². The molecule has 2 nitrogen and oxygen atoms in total. The molecule has 0 radical (unpaired) electrons. The van der Waals surface area contributed by atoms with Crippen molar-refractivity contribution in [2.45, 2.75) is 64.3 Å². The predicted molar refractivity (Wildman–Crippen MR) is 95.5 cm³/mol. The summed E-state index contributed by atoms with van der Waals surface area (Å²) in [5.41, 5.74) is 3.83. The van der Waals surface area contributed by atoms with Crippen LogP contribution in [0.1, 0.15) is 68.5 Å². The van der Waals surface area contributed by atoms with E-state index >= 15 is 0 Å². The van der Waals surface area contributed by atoms with E-state index in [1.807, 2.05) is 0 Å². The minimum absolute atomic E-state index is 0.387. The molecule has 0 saturated carbocycles. The third kappa shape index (κ3) is 4.32. The van der Waals surface area contributed by atoms with Crippen LogP contribution in [0.15, 0.2) is 35.9 Å². The number of carbonyl (C=O) groups is 1. The highest BCUT2D eigenvalue weighted by atomic mass is 16.1. The van der Waals surface area contributed by atoms with Gasteiger partial charge in [0.1, 0.15) is 0 Å². The van der Waals surface area contributed by atoms with E-state index in [-0.39, 0.29) is 0 Å². The molecule has 124 valence electrons. The van der Waals surface area contributed by atoms with Crippen molar-refractivity contribution in [2.75, 3.05) is 13.1 Å². The Bertz CT molecular complexity index is 558.